The molecule has 0 aromatic heterocycles. The molecule has 4 N–H and O–H groups in total. The largest absolute Gasteiger partial charge is 0.481 e. The molecule has 0 radical (unpaired) electrons. The lowest BCUT2D eigenvalue weighted by Crippen LogP contribution is -2.34. The number of hydrogen-bond acceptors (Lipinski definition) is 5. The molecule has 0 bridgehead atoms. The van der Waals surface area contributed by atoms with Gasteiger partial charge in [-0.2, -0.15) is 0 Å². The van der Waals surface area contributed by atoms with Crippen LogP contribution >= 0.6 is 0 Å². The van der Waals surface area contributed by atoms with Crippen molar-refractivity contribution in [3.8, 4) is 0 Å². The number of aliphatic carboxylic acids is 1. The van der Waals surface area contributed by atoms with Gasteiger partial charge in [0.1, 0.15) is 11.5 Å². The van der Waals surface area contributed by atoms with E-state index in [1.165, 1.54) is 0 Å². The van der Waals surface area contributed by atoms with Crippen molar-refractivity contribution in [3.63, 3.8) is 0 Å². The molecule has 9 heteroatoms. The Kier molecular flexibility index (Phi) is 6.00. The van der Waals surface area contributed by atoms with Crippen molar-refractivity contribution in [1.29, 1.82) is 0 Å². The fourth-order valence-electron chi connectivity index (χ4n) is 2.09. The zero-order valence-electron chi connectivity index (χ0n) is 12.7. The minimum Gasteiger partial charge on any atom is -0.481 e. The van der Waals surface area contributed by atoms with E-state index in [2.05, 4.69) is 5.32 Å². The van der Waals surface area contributed by atoms with Gasteiger partial charge in [0.2, 0.25) is 0 Å². The number of benzene rings is 1. The number of nitrogens with zero attached hydrogens (tertiary/aromatic N) is 1. The van der Waals surface area contributed by atoms with Gasteiger partial charge in [-0.3, -0.25) is 19.7 Å². The van der Waals surface area contributed by atoms with E-state index in [9.17, 15) is 24.1 Å². The number of anilines is 1. The number of hydrogen-bond donors (Lipinski definition) is 3. The minimum absolute atomic E-state index is 0.105. The summed E-state index contributed by atoms with van der Waals surface area (Å²) in [4.78, 5) is 33.0. The van der Waals surface area contributed by atoms with E-state index in [1.54, 1.807) is 0 Å². The molecule has 1 aromatic rings. The van der Waals surface area contributed by atoms with Crippen molar-refractivity contribution in [2.75, 3.05) is 12.3 Å². The Morgan fingerprint density at radius 3 is 2.52 bits per heavy atom. The van der Waals surface area contributed by atoms with Crippen molar-refractivity contribution in [2.24, 2.45) is 11.8 Å². The third-order valence-corrected chi connectivity index (χ3v) is 3.18. The number of carboxylic acid groups (broad SMARTS) is 1. The van der Waals surface area contributed by atoms with Crippen molar-refractivity contribution in [2.45, 2.75) is 20.3 Å². The molecule has 1 atom stereocenters. The molecule has 1 rings (SSSR count). The molecule has 0 aliphatic heterocycles. The number of nitro benzene ring substituents is 1. The predicted molar refractivity (Wildman–Crippen MR) is 80.4 cm³/mol. The molecule has 0 saturated carbocycles. The Hall–Kier alpha value is -2.71. The Morgan fingerprint density at radius 2 is 2.04 bits per heavy atom. The number of carboxylic acids is 1. The quantitative estimate of drug-likeness (QED) is 0.397. The summed E-state index contributed by atoms with van der Waals surface area (Å²) in [5.74, 6) is -3.62. The van der Waals surface area contributed by atoms with Crippen LogP contribution < -0.4 is 11.1 Å². The first-order valence-corrected chi connectivity index (χ1v) is 6.87. The number of nitro groups is 1. The number of carbonyl (C=O) groups is 2. The second kappa shape index (κ2) is 7.52. The summed E-state index contributed by atoms with van der Waals surface area (Å²) in [5, 5.41) is 22.2. The highest BCUT2D eigenvalue weighted by molar-refractivity contribution is 6.01. The van der Waals surface area contributed by atoms with Gasteiger partial charge in [-0.25, -0.2) is 4.39 Å². The highest BCUT2D eigenvalue weighted by Crippen LogP contribution is 2.26. The monoisotopic (exact) mass is 327 g/mol. The first-order chi connectivity index (χ1) is 10.6. The zero-order valence-corrected chi connectivity index (χ0v) is 12.7. The molecule has 1 unspecified atom stereocenters. The highest BCUT2D eigenvalue weighted by Gasteiger charge is 2.24. The molecule has 0 aliphatic carbocycles. The maximum atomic E-state index is 13.4. The van der Waals surface area contributed by atoms with Crippen LogP contribution in [-0.2, 0) is 4.79 Å². The molecule has 8 nitrogen and oxygen atoms in total. The van der Waals surface area contributed by atoms with Gasteiger partial charge in [0, 0.05) is 6.54 Å². The molecule has 0 aliphatic rings. The second-order valence-electron chi connectivity index (χ2n) is 5.52. The predicted octanol–water partition coefficient (Wildman–Crippen LogP) is 1.79. The zero-order chi connectivity index (χ0) is 17.7. The normalized spacial score (nSPS) is 12.0. The van der Waals surface area contributed by atoms with E-state index in [-0.39, 0.29) is 12.5 Å². The molecular weight excluding hydrogens is 309 g/mol. The van der Waals surface area contributed by atoms with E-state index < -0.39 is 45.5 Å². The minimum atomic E-state index is -1.07. The number of amides is 1. The molecule has 0 spiro atoms. The smallest absolute Gasteiger partial charge is 0.308 e. The van der Waals surface area contributed by atoms with Crippen molar-refractivity contribution < 1.29 is 24.0 Å². The summed E-state index contributed by atoms with van der Waals surface area (Å²) in [6, 6.07) is 1.39. The van der Waals surface area contributed by atoms with E-state index in [1.807, 2.05) is 13.8 Å². The Morgan fingerprint density at radius 1 is 1.43 bits per heavy atom. The number of nitrogens with one attached hydrogen (secondary N) is 1. The van der Waals surface area contributed by atoms with Gasteiger partial charge < -0.3 is 16.2 Å². The van der Waals surface area contributed by atoms with Gasteiger partial charge in [0.05, 0.1) is 22.5 Å². The van der Waals surface area contributed by atoms with Crippen LogP contribution in [0.25, 0.3) is 0 Å². The fourth-order valence-corrected chi connectivity index (χ4v) is 2.09. The van der Waals surface area contributed by atoms with Crippen LogP contribution in [0.2, 0.25) is 0 Å². The van der Waals surface area contributed by atoms with Gasteiger partial charge in [-0.1, -0.05) is 13.8 Å². The summed E-state index contributed by atoms with van der Waals surface area (Å²) >= 11 is 0. The first-order valence-electron chi connectivity index (χ1n) is 6.87. The van der Waals surface area contributed by atoms with E-state index in [0.717, 1.165) is 6.07 Å². The van der Waals surface area contributed by atoms with Crippen LogP contribution in [0.1, 0.15) is 30.6 Å². The summed E-state index contributed by atoms with van der Waals surface area (Å²) < 4.78 is 13.4. The van der Waals surface area contributed by atoms with Crippen molar-refractivity contribution in [3.05, 3.63) is 33.6 Å². The number of rotatable bonds is 7. The third kappa shape index (κ3) is 4.90. The van der Waals surface area contributed by atoms with Crippen molar-refractivity contribution >= 4 is 23.3 Å². The summed E-state index contributed by atoms with van der Waals surface area (Å²) in [6.45, 7) is 3.49. The maximum Gasteiger partial charge on any atom is 0.308 e. The van der Waals surface area contributed by atoms with Gasteiger partial charge in [0.15, 0.2) is 0 Å². The van der Waals surface area contributed by atoms with Crippen LogP contribution in [0.5, 0.6) is 0 Å². The molecule has 1 amide bonds. The van der Waals surface area contributed by atoms with Crippen LogP contribution in [0.4, 0.5) is 15.8 Å². The SMILES string of the molecule is CC(C)CC(CNC(=O)c1cc(F)cc([N+](=O)[O-])c1N)C(=O)O. The standard InChI is InChI=1S/C14H18FN3O5/c1-7(2)3-8(14(20)21)6-17-13(19)10-4-9(15)5-11(12(10)16)18(22)23/h4-5,7-8H,3,6,16H2,1-2H3,(H,17,19)(H,20,21). The van der Waals surface area contributed by atoms with Gasteiger partial charge in [-0.05, 0) is 18.4 Å². The van der Waals surface area contributed by atoms with Crippen molar-refractivity contribution in [1.82, 2.24) is 5.32 Å². The molecule has 1 aromatic carbocycles. The molecular formula is C14H18FN3O5. The van der Waals surface area contributed by atoms with Crippen LogP contribution in [-0.4, -0.2) is 28.5 Å². The number of carbonyl (C=O) groups excluding carboxylic acids is 1. The van der Waals surface area contributed by atoms with E-state index >= 15 is 0 Å². The van der Waals surface area contributed by atoms with Crippen LogP contribution in [0.3, 0.4) is 0 Å². The molecule has 126 valence electrons. The first kappa shape index (κ1) is 18.3. The lowest BCUT2D eigenvalue weighted by atomic mass is 9.97. The molecule has 0 fully saturated rings. The van der Waals surface area contributed by atoms with E-state index in [4.69, 9.17) is 10.8 Å². The number of nitrogen functional groups attached to an aromatic ring is 1. The Labute approximate surface area is 131 Å². The van der Waals surface area contributed by atoms with Gasteiger partial charge in [-0.15, -0.1) is 0 Å². The fraction of sp³-hybridized carbons (Fsp3) is 0.429. The molecule has 23 heavy (non-hydrogen) atoms. The number of nitrogens with two attached hydrogens (primary N) is 1. The molecule has 0 heterocycles. The topological polar surface area (TPSA) is 136 Å². The van der Waals surface area contributed by atoms with Gasteiger partial charge >= 0.3 is 5.97 Å². The Balaban J connectivity index is 2.94. The van der Waals surface area contributed by atoms with E-state index in [0.29, 0.717) is 12.5 Å². The summed E-state index contributed by atoms with van der Waals surface area (Å²) in [6.07, 6.45) is 0.342. The van der Waals surface area contributed by atoms with Gasteiger partial charge in [0.25, 0.3) is 11.6 Å². The summed E-state index contributed by atoms with van der Waals surface area (Å²) in [5.41, 5.74) is 3.93. The third-order valence-electron chi connectivity index (χ3n) is 3.18. The summed E-state index contributed by atoms with van der Waals surface area (Å²) in [7, 11) is 0. The lowest BCUT2D eigenvalue weighted by Gasteiger charge is -2.15. The molecule has 0 saturated heterocycles. The van der Waals surface area contributed by atoms with Crippen LogP contribution in [0, 0.1) is 27.8 Å². The second-order valence-corrected chi connectivity index (χ2v) is 5.52. The number of halogens is 1. The Bertz CT molecular complexity index is 633. The van der Waals surface area contributed by atoms with Crippen LogP contribution in [0.15, 0.2) is 12.1 Å². The highest BCUT2D eigenvalue weighted by atomic mass is 19.1. The average molecular weight is 327 g/mol. The lowest BCUT2D eigenvalue weighted by molar-refractivity contribution is -0.384. The maximum absolute atomic E-state index is 13.4. The average Bonchev–Trinajstić information content (AvgIpc) is 2.44.